The summed E-state index contributed by atoms with van der Waals surface area (Å²) in [5, 5.41) is 3.26. The van der Waals surface area contributed by atoms with E-state index in [2.05, 4.69) is 46.2 Å². The molecule has 1 aromatic heterocycles. The summed E-state index contributed by atoms with van der Waals surface area (Å²) in [6.45, 7) is 4.58. The number of nitrogens with zero attached hydrogens (tertiary/aromatic N) is 1. The summed E-state index contributed by atoms with van der Waals surface area (Å²) in [6.07, 6.45) is 2.20. The molecule has 0 radical (unpaired) electrons. The van der Waals surface area contributed by atoms with Gasteiger partial charge in [0.1, 0.15) is 5.82 Å². The van der Waals surface area contributed by atoms with Crippen LogP contribution in [0, 0.1) is 6.92 Å². The first-order valence-electron chi connectivity index (χ1n) is 7.24. The zero-order valence-corrected chi connectivity index (χ0v) is 13.7. The minimum Gasteiger partial charge on any atom is -0.380 e. The number of benzene rings is 1. The average Bonchev–Trinajstić information content (AvgIpc) is 2.48. The van der Waals surface area contributed by atoms with Crippen LogP contribution in [0.15, 0.2) is 42.6 Å². The van der Waals surface area contributed by atoms with Crippen molar-refractivity contribution in [2.24, 2.45) is 0 Å². The molecule has 2 aromatic rings. The maximum absolute atomic E-state index is 11.7. The van der Waals surface area contributed by atoms with Crippen molar-refractivity contribution in [3.05, 3.63) is 53.7 Å². The van der Waals surface area contributed by atoms with Crippen LogP contribution in [0.4, 0.5) is 11.5 Å². The lowest BCUT2D eigenvalue weighted by Gasteiger charge is -2.09. The predicted molar refractivity (Wildman–Crippen MR) is 90.4 cm³/mol. The minimum absolute atomic E-state index is 0.0993. The summed E-state index contributed by atoms with van der Waals surface area (Å²) in [6, 6.07) is 11.8. The number of hydrogen-bond donors (Lipinski definition) is 2. The number of nitrogens with one attached hydrogen (secondary N) is 2. The first kappa shape index (κ1) is 16.3. The van der Waals surface area contributed by atoms with Crippen LogP contribution in [0.2, 0.25) is 0 Å². The molecule has 0 atom stereocenters. The lowest BCUT2D eigenvalue weighted by molar-refractivity contribution is 0.599. The van der Waals surface area contributed by atoms with E-state index in [-0.39, 0.29) is 5.75 Å². The maximum atomic E-state index is 11.7. The highest BCUT2D eigenvalue weighted by Crippen LogP contribution is 2.13. The van der Waals surface area contributed by atoms with Crippen LogP contribution in [0.3, 0.4) is 0 Å². The second-order valence-corrected chi connectivity index (χ2v) is 7.03. The normalized spacial score (nSPS) is 11.2. The van der Waals surface area contributed by atoms with Gasteiger partial charge in [0.2, 0.25) is 10.0 Å². The van der Waals surface area contributed by atoms with Crippen LogP contribution in [0.5, 0.6) is 0 Å². The molecule has 0 aliphatic carbocycles. The van der Waals surface area contributed by atoms with E-state index < -0.39 is 10.0 Å². The van der Waals surface area contributed by atoms with E-state index in [1.165, 1.54) is 11.1 Å². The number of pyridine rings is 1. The summed E-state index contributed by atoms with van der Waals surface area (Å²) in [7, 11) is -3.29. The fourth-order valence-corrected chi connectivity index (χ4v) is 3.03. The zero-order chi connectivity index (χ0) is 16.0. The van der Waals surface area contributed by atoms with Gasteiger partial charge in [0.15, 0.2) is 0 Å². The third kappa shape index (κ3) is 5.04. The molecule has 6 heteroatoms. The Labute approximate surface area is 131 Å². The summed E-state index contributed by atoms with van der Waals surface area (Å²) in [5.41, 5.74) is 3.26. The summed E-state index contributed by atoms with van der Waals surface area (Å²) in [5.74, 6) is 0.441. The van der Waals surface area contributed by atoms with Crippen LogP contribution in [-0.2, 0) is 16.6 Å². The van der Waals surface area contributed by atoms with Gasteiger partial charge in [0.05, 0.1) is 17.6 Å². The minimum atomic E-state index is -3.29. The van der Waals surface area contributed by atoms with Crippen molar-refractivity contribution in [2.45, 2.75) is 26.8 Å². The molecule has 0 unspecified atom stereocenters. The van der Waals surface area contributed by atoms with Crippen molar-refractivity contribution in [2.75, 3.05) is 15.8 Å². The van der Waals surface area contributed by atoms with Crippen LogP contribution in [0.1, 0.15) is 24.5 Å². The number of rotatable bonds is 7. The van der Waals surface area contributed by atoms with Gasteiger partial charge in [-0.3, -0.25) is 4.72 Å². The number of aryl methyl sites for hydroxylation is 1. The second kappa shape index (κ2) is 7.26. The lowest BCUT2D eigenvalue weighted by atomic mass is 10.1. The maximum Gasteiger partial charge on any atom is 0.233 e. The molecular formula is C16H21N3O2S. The lowest BCUT2D eigenvalue weighted by Crippen LogP contribution is -2.16. The van der Waals surface area contributed by atoms with Gasteiger partial charge in [-0.1, -0.05) is 36.8 Å². The Kier molecular flexibility index (Phi) is 5.38. The van der Waals surface area contributed by atoms with Gasteiger partial charge in [0, 0.05) is 6.54 Å². The Morgan fingerprint density at radius 3 is 2.41 bits per heavy atom. The molecule has 0 bridgehead atoms. The fourth-order valence-electron chi connectivity index (χ4n) is 1.95. The van der Waals surface area contributed by atoms with Crippen molar-refractivity contribution in [1.29, 1.82) is 0 Å². The SMILES string of the molecule is CCCS(=O)(=O)Nc1ccc(NCc2ccc(C)cc2)cn1. The number of aromatic nitrogens is 1. The molecule has 1 aromatic carbocycles. The van der Waals surface area contributed by atoms with Gasteiger partial charge in [-0.25, -0.2) is 13.4 Å². The topological polar surface area (TPSA) is 71.1 Å². The first-order valence-corrected chi connectivity index (χ1v) is 8.90. The molecule has 1 heterocycles. The van der Waals surface area contributed by atoms with E-state index in [1.807, 2.05) is 13.0 Å². The Hall–Kier alpha value is -2.08. The molecule has 5 nitrogen and oxygen atoms in total. The molecule has 0 saturated carbocycles. The molecule has 0 aliphatic heterocycles. The third-order valence-electron chi connectivity index (χ3n) is 3.11. The summed E-state index contributed by atoms with van der Waals surface area (Å²) in [4.78, 5) is 4.12. The Balaban J connectivity index is 1.93. The van der Waals surface area contributed by atoms with Gasteiger partial charge >= 0.3 is 0 Å². The van der Waals surface area contributed by atoms with E-state index in [4.69, 9.17) is 0 Å². The summed E-state index contributed by atoms with van der Waals surface area (Å²) < 4.78 is 25.8. The second-order valence-electron chi connectivity index (χ2n) is 5.19. The van der Waals surface area contributed by atoms with E-state index in [1.54, 1.807) is 12.3 Å². The molecule has 22 heavy (non-hydrogen) atoms. The standard InChI is InChI=1S/C16H21N3O2S/c1-3-10-22(20,21)19-16-9-8-15(12-18-16)17-11-14-6-4-13(2)5-7-14/h4-9,12,17H,3,10-11H2,1-2H3,(H,18,19). The van der Waals surface area contributed by atoms with E-state index in [9.17, 15) is 8.42 Å². The Morgan fingerprint density at radius 1 is 1.09 bits per heavy atom. The van der Waals surface area contributed by atoms with Crippen molar-refractivity contribution in [3.63, 3.8) is 0 Å². The quantitative estimate of drug-likeness (QED) is 0.822. The van der Waals surface area contributed by atoms with Crippen molar-refractivity contribution in [3.8, 4) is 0 Å². The van der Waals surface area contributed by atoms with Gasteiger partial charge in [-0.05, 0) is 31.0 Å². The molecule has 0 fully saturated rings. The van der Waals surface area contributed by atoms with Crippen molar-refractivity contribution < 1.29 is 8.42 Å². The van der Waals surface area contributed by atoms with Crippen molar-refractivity contribution >= 4 is 21.5 Å². The molecule has 2 rings (SSSR count). The molecule has 0 spiro atoms. The zero-order valence-electron chi connectivity index (χ0n) is 12.8. The summed E-state index contributed by atoms with van der Waals surface area (Å²) >= 11 is 0. The van der Waals surface area contributed by atoms with Gasteiger partial charge in [-0.2, -0.15) is 0 Å². The van der Waals surface area contributed by atoms with Gasteiger partial charge in [0.25, 0.3) is 0 Å². The first-order chi connectivity index (χ1) is 10.5. The highest BCUT2D eigenvalue weighted by Gasteiger charge is 2.09. The predicted octanol–water partition coefficient (Wildman–Crippen LogP) is 3.15. The third-order valence-corrected chi connectivity index (χ3v) is 4.58. The van der Waals surface area contributed by atoms with E-state index in [0.29, 0.717) is 18.8 Å². The average molecular weight is 319 g/mol. The molecular weight excluding hydrogens is 298 g/mol. The number of hydrogen-bond acceptors (Lipinski definition) is 4. The van der Waals surface area contributed by atoms with Crippen LogP contribution in [-0.4, -0.2) is 19.2 Å². The highest BCUT2D eigenvalue weighted by atomic mass is 32.2. The monoisotopic (exact) mass is 319 g/mol. The van der Waals surface area contributed by atoms with E-state index >= 15 is 0 Å². The van der Waals surface area contributed by atoms with Crippen LogP contribution in [0.25, 0.3) is 0 Å². The largest absolute Gasteiger partial charge is 0.380 e. The van der Waals surface area contributed by atoms with Crippen LogP contribution >= 0.6 is 0 Å². The number of anilines is 2. The Bertz CT molecular complexity index is 695. The van der Waals surface area contributed by atoms with Crippen LogP contribution < -0.4 is 10.0 Å². The molecule has 0 aliphatic rings. The molecule has 0 saturated heterocycles. The number of sulfonamides is 1. The van der Waals surface area contributed by atoms with Gasteiger partial charge in [-0.15, -0.1) is 0 Å². The van der Waals surface area contributed by atoms with E-state index in [0.717, 1.165) is 5.69 Å². The molecule has 2 N–H and O–H groups in total. The molecule has 118 valence electrons. The fraction of sp³-hybridized carbons (Fsp3) is 0.312. The Morgan fingerprint density at radius 2 is 1.82 bits per heavy atom. The molecule has 0 amide bonds. The van der Waals surface area contributed by atoms with Crippen molar-refractivity contribution in [1.82, 2.24) is 4.98 Å². The smallest absolute Gasteiger partial charge is 0.233 e. The highest BCUT2D eigenvalue weighted by molar-refractivity contribution is 7.92. The van der Waals surface area contributed by atoms with Gasteiger partial charge < -0.3 is 5.32 Å².